The number of fused-ring (bicyclic) bond motifs is 2. The van der Waals surface area contributed by atoms with Crippen molar-refractivity contribution in [3.8, 4) is 0 Å². The first kappa shape index (κ1) is 15.0. The zero-order chi connectivity index (χ0) is 15.9. The molecule has 3 atom stereocenters. The van der Waals surface area contributed by atoms with Crippen LogP contribution < -0.4 is 0 Å². The molecule has 0 aromatic heterocycles. The number of esters is 1. The second kappa shape index (κ2) is 5.38. The standard InChI is InChI=1S/C17H21NO4/c1-17(2)13-6-3-12(9-13)15(17)10-22-16(19)11-4-7-14(8-5-11)18(20)21/h4-5,7-8,12-13,15H,3,6,9-10H2,1-2H3/t12-,13+,15+/m1/s1. The highest BCUT2D eigenvalue weighted by Crippen LogP contribution is 2.59. The molecule has 2 aliphatic rings. The molecule has 118 valence electrons. The monoisotopic (exact) mass is 303 g/mol. The normalized spacial score (nSPS) is 28.5. The van der Waals surface area contributed by atoms with Crippen LogP contribution >= 0.6 is 0 Å². The quantitative estimate of drug-likeness (QED) is 0.481. The van der Waals surface area contributed by atoms with E-state index in [4.69, 9.17) is 4.74 Å². The third kappa shape index (κ3) is 2.49. The maximum absolute atomic E-state index is 12.1. The minimum absolute atomic E-state index is 0.0224. The number of ether oxygens (including phenoxy) is 1. The van der Waals surface area contributed by atoms with Crippen molar-refractivity contribution in [3.63, 3.8) is 0 Å². The van der Waals surface area contributed by atoms with E-state index in [2.05, 4.69) is 13.8 Å². The second-order valence-corrected chi connectivity index (χ2v) is 7.10. The lowest BCUT2D eigenvalue weighted by atomic mass is 9.69. The largest absolute Gasteiger partial charge is 0.462 e. The molecular weight excluding hydrogens is 282 g/mol. The van der Waals surface area contributed by atoms with Crippen LogP contribution in [0.3, 0.4) is 0 Å². The van der Waals surface area contributed by atoms with E-state index in [1.54, 1.807) is 0 Å². The summed E-state index contributed by atoms with van der Waals surface area (Å²) >= 11 is 0. The molecule has 1 aromatic carbocycles. The summed E-state index contributed by atoms with van der Waals surface area (Å²) in [5, 5.41) is 10.6. The van der Waals surface area contributed by atoms with Gasteiger partial charge in [0.1, 0.15) is 0 Å². The maximum Gasteiger partial charge on any atom is 0.338 e. The number of carbonyl (C=O) groups excluding carboxylic acids is 1. The topological polar surface area (TPSA) is 69.4 Å². The predicted octanol–water partition coefficient (Wildman–Crippen LogP) is 3.82. The summed E-state index contributed by atoms with van der Waals surface area (Å²) in [6.07, 6.45) is 3.80. The van der Waals surface area contributed by atoms with Gasteiger partial charge in [-0.1, -0.05) is 13.8 Å². The Labute approximate surface area is 129 Å². The molecule has 0 saturated heterocycles. The smallest absolute Gasteiger partial charge is 0.338 e. The fourth-order valence-electron chi connectivity index (χ4n) is 4.29. The lowest BCUT2D eigenvalue weighted by Gasteiger charge is -2.37. The molecular formula is C17H21NO4. The Bertz CT molecular complexity index is 593. The number of carbonyl (C=O) groups is 1. The number of non-ortho nitro benzene ring substituents is 1. The van der Waals surface area contributed by atoms with Crippen molar-refractivity contribution in [1.82, 2.24) is 0 Å². The predicted molar refractivity (Wildman–Crippen MR) is 81.5 cm³/mol. The van der Waals surface area contributed by atoms with E-state index in [1.165, 1.54) is 43.5 Å². The molecule has 0 unspecified atom stereocenters. The first-order chi connectivity index (χ1) is 10.4. The van der Waals surface area contributed by atoms with Gasteiger partial charge in [-0.3, -0.25) is 10.1 Å². The summed E-state index contributed by atoms with van der Waals surface area (Å²) in [5.41, 5.74) is 0.580. The van der Waals surface area contributed by atoms with Gasteiger partial charge < -0.3 is 4.74 Å². The summed E-state index contributed by atoms with van der Waals surface area (Å²) in [7, 11) is 0. The van der Waals surface area contributed by atoms with Crippen LogP contribution in [0, 0.1) is 33.3 Å². The Hall–Kier alpha value is -1.91. The number of hydrogen-bond acceptors (Lipinski definition) is 4. The van der Waals surface area contributed by atoms with E-state index in [9.17, 15) is 14.9 Å². The molecule has 1 aromatic rings. The van der Waals surface area contributed by atoms with Gasteiger partial charge >= 0.3 is 5.97 Å². The van der Waals surface area contributed by atoms with Crippen LogP contribution in [0.4, 0.5) is 5.69 Å². The molecule has 0 radical (unpaired) electrons. The van der Waals surface area contributed by atoms with Crippen LogP contribution in [0.25, 0.3) is 0 Å². The van der Waals surface area contributed by atoms with Crippen LogP contribution in [0.15, 0.2) is 24.3 Å². The molecule has 2 fully saturated rings. The minimum Gasteiger partial charge on any atom is -0.462 e. The van der Waals surface area contributed by atoms with E-state index >= 15 is 0 Å². The van der Waals surface area contributed by atoms with Crippen LogP contribution in [0.1, 0.15) is 43.5 Å². The Morgan fingerprint density at radius 2 is 2.00 bits per heavy atom. The van der Waals surface area contributed by atoms with Crippen molar-refractivity contribution in [2.45, 2.75) is 33.1 Å². The van der Waals surface area contributed by atoms with Gasteiger partial charge in [-0.2, -0.15) is 0 Å². The van der Waals surface area contributed by atoms with Crippen LogP contribution in [0.5, 0.6) is 0 Å². The highest BCUT2D eigenvalue weighted by molar-refractivity contribution is 5.89. The van der Waals surface area contributed by atoms with Gasteiger partial charge in [0.15, 0.2) is 0 Å². The van der Waals surface area contributed by atoms with Crippen molar-refractivity contribution >= 4 is 11.7 Å². The number of nitro groups is 1. The molecule has 0 aliphatic heterocycles. The minimum atomic E-state index is -0.479. The highest BCUT2D eigenvalue weighted by atomic mass is 16.6. The zero-order valence-corrected chi connectivity index (χ0v) is 13.0. The van der Waals surface area contributed by atoms with Gasteiger partial charge in [-0.15, -0.1) is 0 Å². The van der Waals surface area contributed by atoms with E-state index in [0.717, 1.165) is 5.92 Å². The van der Waals surface area contributed by atoms with E-state index in [1.807, 2.05) is 0 Å². The van der Waals surface area contributed by atoms with Gasteiger partial charge in [-0.25, -0.2) is 4.79 Å². The van der Waals surface area contributed by atoms with E-state index in [-0.39, 0.29) is 11.1 Å². The first-order valence-corrected chi connectivity index (χ1v) is 7.81. The van der Waals surface area contributed by atoms with Crippen LogP contribution in [-0.4, -0.2) is 17.5 Å². The summed E-state index contributed by atoms with van der Waals surface area (Å²) in [6, 6.07) is 5.56. The van der Waals surface area contributed by atoms with Crippen molar-refractivity contribution < 1.29 is 14.5 Å². The zero-order valence-electron chi connectivity index (χ0n) is 13.0. The molecule has 3 rings (SSSR count). The number of benzene rings is 1. The molecule has 0 heterocycles. The summed E-state index contributed by atoms with van der Waals surface area (Å²) in [6.45, 7) is 5.01. The number of rotatable bonds is 4. The lowest BCUT2D eigenvalue weighted by molar-refractivity contribution is -0.384. The fourth-order valence-corrected chi connectivity index (χ4v) is 4.29. The molecule has 5 nitrogen and oxygen atoms in total. The average molecular weight is 303 g/mol. The van der Waals surface area contributed by atoms with Crippen molar-refractivity contribution in [2.24, 2.45) is 23.2 Å². The number of nitrogens with zero attached hydrogens (tertiary/aromatic N) is 1. The van der Waals surface area contributed by atoms with E-state index < -0.39 is 10.9 Å². The highest BCUT2D eigenvalue weighted by Gasteiger charge is 2.52. The molecule has 2 aliphatic carbocycles. The van der Waals surface area contributed by atoms with Gasteiger partial charge in [-0.05, 0) is 48.6 Å². The van der Waals surface area contributed by atoms with Crippen molar-refractivity contribution in [3.05, 3.63) is 39.9 Å². The van der Waals surface area contributed by atoms with Gasteiger partial charge in [0.05, 0.1) is 17.1 Å². The molecule has 2 saturated carbocycles. The van der Waals surface area contributed by atoms with Crippen molar-refractivity contribution in [1.29, 1.82) is 0 Å². The second-order valence-electron chi connectivity index (χ2n) is 7.10. The summed E-state index contributed by atoms with van der Waals surface area (Å²) in [4.78, 5) is 22.2. The number of hydrogen-bond donors (Lipinski definition) is 0. The van der Waals surface area contributed by atoms with Crippen LogP contribution in [-0.2, 0) is 4.74 Å². The summed E-state index contributed by atoms with van der Waals surface area (Å²) in [5.74, 6) is 1.45. The third-order valence-electron chi connectivity index (χ3n) is 5.76. The third-order valence-corrected chi connectivity index (χ3v) is 5.76. The molecule has 22 heavy (non-hydrogen) atoms. The first-order valence-electron chi connectivity index (χ1n) is 7.81. The van der Waals surface area contributed by atoms with E-state index in [0.29, 0.717) is 24.0 Å². The molecule has 5 heteroatoms. The molecule has 0 spiro atoms. The Morgan fingerprint density at radius 3 is 2.55 bits per heavy atom. The van der Waals surface area contributed by atoms with Gasteiger partial charge in [0.2, 0.25) is 0 Å². The fraction of sp³-hybridized carbons (Fsp3) is 0.588. The Balaban J connectivity index is 1.62. The van der Waals surface area contributed by atoms with Crippen molar-refractivity contribution in [2.75, 3.05) is 6.61 Å². The molecule has 0 amide bonds. The lowest BCUT2D eigenvalue weighted by Crippen LogP contribution is -2.34. The summed E-state index contributed by atoms with van der Waals surface area (Å²) < 4.78 is 5.49. The number of nitro benzene ring substituents is 1. The van der Waals surface area contributed by atoms with Crippen LogP contribution in [0.2, 0.25) is 0 Å². The Kier molecular flexibility index (Phi) is 3.67. The molecule has 0 N–H and O–H groups in total. The van der Waals surface area contributed by atoms with Gasteiger partial charge in [0, 0.05) is 18.1 Å². The van der Waals surface area contributed by atoms with Gasteiger partial charge in [0.25, 0.3) is 5.69 Å². The SMILES string of the molecule is CC1(C)[C@H]2CC[C@H](C2)[C@@H]1COC(=O)c1ccc([N+](=O)[O-])cc1. The average Bonchev–Trinajstić information content (AvgIpc) is 3.05. The molecule has 2 bridgehead atoms. The maximum atomic E-state index is 12.1. The Morgan fingerprint density at radius 1 is 1.32 bits per heavy atom.